The predicted octanol–water partition coefficient (Wildman–Crippen LogP) is 2.75. The van der Waals surface area contributed by atoms with Crippen LogP contribution >= 0.6 is 27.5 Å². The van der Waals surface area contributed by atoms with Crippen molar-refractivity contribution in [2.24, 2.45) is 0 Å². The summed E-state index contributed by atoms with van der Waals surface area (Å²) in [7, 11) is 0. The standard InChI is InChI=1S/C16H16BrClN6O/c17-9-3-4-11(12(18)6-9)13-2-1-5-23(13)8-10-7-14(25)24-16(20-10)21-15(19)22-24/h3-4,6-7,13H,1-2,5,8H2,(H3,19,20,21,22). The van der Waals surface area contributed by atoms with Gasteiger partial charge in [-0.2, -0.15) is 9.50 Å². The van der Waals surface area contributed by atoms with Crippen LogP contribution < -0.4 is 11.3 Å². The molecule has 1 aromatic carbocycles. The van der Waals surface area contributed by atoms with Crippen LogP contribution in [0.2, 0.25) is 5.02 Å². The van der Waals surface area contributed by atoms with Gasteiger partial charge in [-0.15, -0.1) is 0 Å². The zero-order chi connectivity index (χ0) is 17.6. The van der Waals surface area contributed by atoms with Crippen LogP contribution in [0.4, 0.5) is 5.95 Å². The number of likely N-dealkylation sites (tertiary alicyclic amines) is 1. The van der Waals surface area contributed by atoms with Crippen molar-refractivity contribution in [3.05, 3.63) is 55.4 Å². The van der Waals surface area contributed by atoms with E-state index in [2.05, 4.69) is 42.0 Å². The lowest BCUT2D eigenvalue weighted by Crippen LogP contribution is -2.25. The molecule has 3 N–H and O–H groups in total. The Hall–Kier alpha value is -1.90. The zero-order valence-corrected chi connectivity index (χ0v) is 15.6. The molecule has 130 valence electrons. The first kappa shape index (κ1) is 16.6. The molecule has 0 saturated carbocycles. The molecule has 0 amide bonds. The number of fused-ring (bicyclic) bond motifs is 1. The largest absolute Gasteiger partial charge is 0.368 e. The number of H-pyrrole nitrogens is 1. The van der Waals surface area contributed by atoms with E-state index in [1.54, 1.807) is 0 Å². The van der Waals surface area contributed by atoms with Gasteiger partial charge < -0.3 is 5.73 Å². The van der Waals surface area contributed by atoms with Gasteiger partial charge in [-0.1, -0.05) is 33.6 Å². The molecule has 1 atom stereocenters. The first-order valence-electron chi connectivity index (χ1n) is 7.94. The van der Waals surface area contributed by atoms with Gasteiger partial charge in [-0.3, -0.25) is 14.8 Å². The second kappa shape index (κ2) is 6.44. The Bertz CT molecular complexity index is 1000. The van der Waals surface area contributed by atoms with Crippen molar-refractivity contribution in [3.63, 3.8) is 0 Å². The van der Waals surface area contributed by atoms with E-state index >= 15 is 0 Å². The summed E-state index contributed by atoms with van der Waals surface area (Å²) in [6.45, 7) is 1.50. The number of aromatic nitrogens is 4. The van der Waals surface area contributed by atoms with E-state index in [9.17, 15) is 4.79 Å². The number of aromatic amines is 1. The molecular formula is C16H16BrClN6O. The van der Waals surface area contributed by atoms with E-state index in [-0.39, 0.29) is 23.3 Å². The minimum atomic E-state index is -0.221. The van der Waals surface area contributed by atoms with Crippen molar-refractivity contribution in [1.29, 1.82) is 0 Å². The van der Waals surface area contributed by atoms with Crippen molar-refractivity contribution < 1.29 is 0 Å². The first-order chi connectivity index (χ1) is 12.0. The number of hydrogen-bond donors (Lipinski definition) is 2. The van der Waals surface area contributed by atoms with Crippen molar-refractivity contribution in [3.8, 4) is 0 Å². The SMILES string of the molecule is Nc1nc2nc(CN3CCCC3c3ccc(Br)cc3Cl)cc(=O)n2[nH]1. The van der Waals surface area contributed by atoms with Crippen LogP contribution in [-0.2, 0) is 6.54 Å². The third kappa shape index (κ3) is 3.17. The summed E-state index contributed by atoms with van der Waals surface area (Å²) in [5.41, 5.74) is 7.16. The second-order valence-electron chi connectivity index (χ2n) is 6.12. The van der Waals surface area contributed by atoms with Crippen molar-refractivity contribution in [1.82, 2.24) is 24.5 Å². The van der Waals surface area contributed by atoms with E-state index in [0.29, 0.717) is 12.2 Å². The molecule has 0 bridgehead atoms. The van der Waals surface area contributed by atoms with E-state index in [1.165, 1.54) is 10.6 Å². The van der Waals surface area contributed by atoms with E-state index < -0.39 is 0 Å². The maximum Gasteiger partial charge on any atom is 0.274 e. The maximum atomic E-state index is 12.2. The van der Waals surface area contributed by atoms with E-state index in [0.717, 1.165) is 34.4 Å². The maximum absolute atomic E-state index is 12.2. The monoisotopic (exact) mass is 422 g/mol. The fourth-order valence-electron chi connectivity index (χ4n) is 3.37. The smallest absolute Gasteiger partial charge is 0.274 e. The fourth-order valence-corrected chi connectivity index (χ4v) is 4.17. The van der Waals surface area contributed by atoms with Crippen molar-refractivity contribution in [2.75, 3.05) is 12.3 Å². The van der Waals surface area contributed by atoms with E-state index in [4.69, 9.17) is 17.3 Å². The summed E-state index contributed by atoms with van der Waals surface area (Å²) in [6, 6.07) is 7.70. The Kier molecular flexibility index (Phi) is 4.26. The van der Waals surface area contributed by atoms with E-state index in [1.807, 2.05) is 12.1 Å². The van der Waals surface area contributed by atoms with Crippen LogP contribution in [0.15, 0.2) is 33.5 Å². The Morgan fingerprint density at radius 1 is 1.36 bits per heavy atom. The van der Waals surface area contributed by atoms with Crippen molar-refractivity contribution in [2.45, 2.75) is 25.4 Å². The Balaban J connectivity index is 1.64. The Morgan fingerprint density at radius 2 is 2.20 bits per heavy atom. The molecule has 1 saturated heterocycles. The first-order valence-corrected chi connectivity index (χ1v) is 9.11. The lowest BCUT2D eigenvalue weighted by molar-refractivity contribution is 0.245. The molecule has 0 spiro atoms. The molecule has 2 aromatic heterocycles. The highest BCUT2D eigenvalue weighted by Gasteiger charge is 2.28. The Labute approximate surface area is 156 Å². The summed E-state index contributed by atoms with van der Waals surface area (Å²) in [5, 5.41) is 3.41. The van der Waals surface area contributed by atoms with Crippen LogP contribution in [0.5, 0.6) is 0 Å². The number of nitrogen functional groups attached to an aromatic ring is 1. The normalized spacial score (nSPS) is 18.2. The van der Waals surface area contributed by atoms with Gasteiger partial charge in [-0.25, -0.2) is 4.98 Å². The van der Waals surface area contributed by atoms with Crippen molar-refractivity contribution >= 4 is 39.3 Å². The van der Waals surface area contributed by atoms with Gasteiger partial charge in [0.25, 0.3) is 11.3 Å². The van der Waals surface area contributed by atoms with Gasteiger partial charge in [-0.05, 0) is 37.1 Å². The molecule has 4 rings (SSSR count). The van der Waals surface area contributed by atoms with Gasteiger partial charge in [0.15, 0.2) is 0 Å². The number of anilines is 1. The van der Waals surface area contributed by atoms with Crippen LogP contribution in [0.1, 0.15) is 30.1 Å². The molecule has 1 aliphatic rings. The molecule has 25 heavy (non-hydrogen) atoms. The quantitative estimate of drug-likeness (QED) is 0.676. The topological polar surface area (TPSA) is 92.3 Å². The third-order valence-electron chi connectivity index (χ3n) is 4.45. The van der Waals surface area contributed by atoms with Crippen LogP contribution in [0, 0.1) is 0 Å². The van der Waals surface area contributed by atoms with Gasteiger partial charge in [0, 0.05) is 28.1 Å². The minimum Gasteiger partial charge on any atom is -0.368 e. The molecule has 1 aliphatic heterocycles. The highest BCUT2D eigenvalue weighted by molar-refractivity contribution is 9.10. The predicted molar refractivity (Wildman–Crippen MR) is 99.6 cm³/mol. The fraction of sp³-hybridized carbons (Fsp3) is 0.312. The number of benzene rings is 1. The number of hydrogen-bond acceptors (Lipinski definition) is 5. The second-order valence-corrected chi connectivity index (χ2v) is 7.45. The lowest BCUT2D eigenvalue weighted by Gasteiger charge is -2.25. The summed E-state index contributed by atoms with van der Waals surface area (Å²) in [6.07, 6.45) is 2.10. The summed E-state index contributed by atoms with van der Waals surface area (Å²) in [4.78, 5) is 23.0. The molecule has 0 radical (unpaired) electrons. The van der Waals surface area contributed by atoms with Crippen LogP contribution in [0.25, 0.3) is 5.78 Å². The number of nitrogens with one attached hydrogen (secondary N) is 1. The highest BCUT2D eigenvalue weighted by Crippen LogP contribution is 2.37. The number of halogens is 2. The minimum absolute atomic E-state index is 0.169. The molecular weight excluding hydrogens is 408 g/mol. The van der Waals surface area contributed by atoms with Gasteiger partial charge in [0.05, 0.1) is 5.69 Å². The Morgan fingerprint density at radius 3 is 3.00 bits per heavy atom. The summed E-state index contributed by atoms with van der Waals surface area (Å²) >= 11 is 9.87. The van der Waals surface area contributed by atoms with Gasteiger partial charge >= 0.3 is 0 Å². The average Bonchev–Trinajstić information content (AvgIpc) is 3.14. The third-order valence-corrected chi connectivity index (χ3v) is 5.27. The average molecular weight is 424 g/mol. The molecule has 7 nitrogen and oxygen atoms in total. The highest BCUT2D eigenvalue weighted by atomic mass is 79.9. The molecule has 9 heteroatoms. The van der Waals surface area contributed by atoms with Gasteiger partial charge in [0.1, 0.15) is 0 Å². The summed E-state index contributed by atoms with van der Waals surface area (Å²) < 4.78 is 2.20. The zero-order valence-electron chi connectivity index (χ0n) is 13.2. The van der Waals surface area contributed by atoms with Gasteiger partial charge in [0.2, 0.25) is 5.95 Å². The lowest BCUT2D eigenvalue weighted by atomic mass is 10.0. The van der Waals surface area contributed by atoms with Crippen LogP contribution in [0.3, 0.4) is 0 Å². The number of nitrogens with two attached hydrogens (primary N) is 1. The molecule has 1 unspecified atom stereocenters. The molecule has 3 heterocycles. The van der Waals surface area contributed by atoms with Crippen LogP contribution in [-0.4, -0.2) is 31.0 Å². The molecule has 0 aliphatic carbocycles. The number of nitrogens with zero attached hydrogens (tertiary/aromatic N) is 4. The molecule has 3 aromatic rings. The number of rotatable bonds is 3. The summed E-state index contributed by atoms with van der Waals surface area (Å²) in [5.74, 6) is 0.458. The molecule has 1 fully saturated rings.